The van der Waals surface area contributed by atoms with Gasteiger partial charge in [0.15, 0.2) is 0 Å². The molecule has 1 aromatic rings. The minimum absolute atomic E-state index is 0.141. The Balaban J connectivity index is 2.40. The second kappa shape index (κ2) is 5.61. The van der Waals surface area contributed by atoms with E-state index in [1.807, 2.05) is 19.1 Å². The van der Waals surface area contributed by atoms with Crippen molar-refractivity contribution >= 4 is 23.3 Å². The van der Waals surface area contributed by atoms with Crippen molar-refractivity contribution in [2.75, 3.05) is 5.32 Å². The van der Waals surface area contributed by atoms with Crippen molar-refractivity contribution in [3.05, 3.63) is 29.3 Å². The Bertz CT molecular complexity index is 324. The highest BCUT2D eigenvalue weighted by molar-refractivity contribution is 6.30. The number of hydrogen-bond donors (Lipinski definition) is 2. The molecule has 0 heterocycles. The van der Waals surface area contributed by atoms with Crippen LogP contribution in [0.25, 0.3) is 0 Å². The van der Waals surface area contributed by atoms with Gasteiger partial charge in [-0.2, -0.15) is 0 Å². The van der Waals surface area contributed by atoms with Crippen molar-refractivity contribution in [1.29, 1.82) is 0 Å². The number of carboxylic acids is 1. The Morgan fingerprint density at radius 2 is 2.07 bits per heavy atom. The molecule has 1 rings (SSSR count). The first-order valence-corrected chi connectivity index (χ1v) is 5.19. The molecule has 0 saturated carbocycles. The van der Waals surface area contributed by atoms with Crippen LogP contribution in [0.15, 0.2) is 24.3 Å². The van der Waals surface area contributed by atoms with Crippen LogP contribution in [0.3, 0.4) is 0 Å². The van der Waals surface area contributed by atoms with Gasteiger partial charge >= 0.3 is 5.97 Å². The lowest BCUT2D eigenvalue weighted by Crippen LogP contribution is -2.16. The Morgan fingerprint density at radius 3 is 2.60 bits per heavy atom. The minimum Gasteiger partial charge on any atom is -0.481 e. The quantitative estimate of drug-likeness (QED) is 0.813. The molecule has 0 spiro atoms. The number of aliphatic carboxylic acids is 1. The molecule has 2 N–H and O–H groups in total. The van der Waals surface area contributed by atoms with Crippen molar-refractivity contribution < 1.29 is 9.90 Å². The van der Waals surface area contributed by atoms with Crippen LogP contribution in [0.5, 0.6) is 0 Å². The molecular weight excluding hydrogens is 214 g/mol. The summed E-state index contributed by atoms with van der Waals surface area (Å²) in [5.74, 6) is -0.764. The van der Waals surface area contributed by atoms with Crippen LogP contribution in [0.4, 0.5) is 5.69 Å². The first kappa shape index (κ1) is 11.9. The van der Waals surface area contributed by atoms with Crippen LogP contribution in [0.1, 0.15) is 19.8 Å². The molecule has 3 nitrogen and oxygen atoms in total. The summed E-state index contributed by atoms with van der Waals surface area (Å²) in [6.07, 6.45) is 0.791. The third-order valence-corrected chi connectivity index (χ3v) is 2.30. The van der Waals surface area contributed by atoms with E-state index in [1.54, 1.807) is 12.1 Å². The molecule has 0 amide bonds. The zero-order chi connectivity index (χ0) is 11.3. The Kier molecular flexibility index (Phi) is 4.43. The predicted molar refractivity (Wildman–Crippen MR) is 61.4 cm³/mol. The highest BCUT2D eigenvalue weighted by Crippen LogP contribution is 2.15. The molecule has 15 heavy (non-hydrogen) atoms. The van der Waals surface area contributed by atoms with Gasteiger partial charge in [-0.3, -0.25) is 4.79 Å². The highest BCUT2D eigenvalue weighted by atomic mass is 35.5. The second-order valence-electron chi connectivity index (χ2n) is 3.48. The maximum Gasteiger partial charge on any atom is 0.303 e. The van der Waals surface area contributed by atoms with E-state index in [-0.39, 0.29) is 12.5 Å². The van der Waals surface area contributed by atoms with Gasteiger partial charge in [-0.15, -0.1) is 0 Å². The molecule has 0 aliphatic rings. The van der Waals surface area contributed by atoms with Crippen molar-refractivity contribution in [2.45, 2.75) is 25.8 Å². The number of nitrogens with one attached hydrogen (secondary N) is 1. The fourth-order valence-electron chi connectivity index (χ4n) is 1.24. The van der Waals surface area contributed by atoms with Crippen LogP contribution >= 0.6 is 11.6 Å². The van der Waals surface area contributed by atoms with Crippen LogP contribution in [-0.4, -0.2) is 17.1 Å². The lowest BCUT2D eigenvalue weighted by molar-refractivity contribution is -0.137. The van der Waals surface area contributed by atoms with E-state index in [0.29, 0.717) is 11.4 Å². The van der Waals surface area contributed by atoms with Crippen LogP contribution in [0.2, 0.25) is 5.02 Å². The molecular formula is C11H14ClNO2. The van der Waals surface area contributed by atoms with E-state index in [1.165, 1.54) is 0 Å². The molecule has 0 aliphatic carbocycles. The van der Waals surface area contributed by atoms with Gasteiger partial charge in [0, 0.05) is 23.2 Å². The molecule has 82 valence electrons. The third-order valence-electron chi connectivity index (χ3n) is 2.05. The van der Waals surface area contributed by atoms with Gasteiger partial charge in [-0.05, 0) is 37.6 Å². The van der Waals surface area contributed by atoms with Crippen molar-refractivity contribution in [3.8, 4) is 0 Å². The van der Waals surface area contributed by atoms with Crippen molar-refractivity contribution in [3.63, 3.8) is 0 Å². The topological polar surface area (TPSA) is 49.3 Å². The minimum atomic E-state index is -0.764. The number of rotatable bonds is 5. The first-order chi connectivity index (χ1) is 7.08. The molecule has 0 aliphatic heterocycles. The van der Waals surface area contributed by atoms with Crippen LogP contribution in [0, 0.1) is 0 Å². The SMILES string of the molecule is CC(CCC(=O)O)Nc1ccc(Cl)cc1. The van der Waals surface area contributed by atoms with Gasteiger partial charge in [0.25, 0.3) is 0 Å². The molecule has 4 heteroatoms. The van der Waals surface area contributed by atoms with Crippen molar-refractivity contribution in [2.24, 2.45) is 0 Å². The zero-order valence-electron chi connectivity index (χ0n) is 8.53. The Morgan fingerprint density at radius 1 is 1.47 bits per heavy atom. The van der Waals surface area contributed by atoms with E-state index in [9.17, 15) is 4.79 Å². The fourth-order valence-corrected chi connectivity index (χ4v) is 1.37. The van der Waals surface area contributed by atoms with Gasteiger partial charge in [0.2, 0.25) is 0 Å². The summed E-state index contributed by atoms with van der Waals surface area (Å²) in [5.41, 5.74) is 0.956. The van der Waals surface area contributed by atoms with Crippen LogP contribution in [-0.2, 0) is 4.79 Å². The van der Waals surface area contributed by atoms with Crippen molar-refractivity contribution in [1.82, 2.24) is 0 Å². The molecule has 1 aromatic carbocycles. The van der Waals surface area contributed by atoms with Gasteiger partial charge in [-0.25, -0.2) is 0 Å². The number of carbonyl (C=O) groups is 1. The summed E-state index contributed by atoms with van der Waals surface area (Å²) in [4.78, 5) is 10.4. The zero-order valence-corrected chi connectivity index (χ0v) is 9.29. The monoisotopic (exact) mass is 227 g/mol. The fraction of sp³-hybridized carbons (Fsp3) is 0.364. The number of benzene rings is 1. The summed E-state index contributed by atoms with van der Waals surface area (Å²) in [5, 5.41) is 12.4. The Labute approximate surface area is 94.1 Å². The summed E-state index contributed by atoms with van der Waals surface area (Å²) in [6.45, 7) is 1.96. The lowest BCUT2D eigenvalue weighted by Gasteiger charge is -2.13. The molecule has 1 unspecified atom stereocenters. The molecule has 1 atom stereocenters. The maximum absolute atomic E-state index is 10.4. The predicted octanol–water partition coefficient (Wildman–Crippen LogP) is 3.01. The molecule has 0 saturated heterocycles. The van der Waals surface area contributed by atoms with Crippen LogP contribution < -0.4 is 5.32 Å². The maximum atomic E-state index is 10.4. The average molecular weight is 228 g/mol. The first-order valence-electron chi connectivity index (χ1n) is 4.82. The van der Waals surface area contributed by atoms with Gasteiger partial charge in [0.05, 0.1) is 0 Å². The van der Waals surface area contributed by atoms with E-state index < -0.39 is 5.97 Å². The largest absolute Gasteiger partial charge is 0.481 e. The van der Waals surface area contributed by atoms with E-state index >= 15 is 0 Å². The normalized spacial score (nSPS) is 12.1. The standard InChI is InChI=1S/C11H14ClNO2/c1-8(2-7-11(14)15)13-10-5-3-9(12)4-6-10/h3-6,8,13H,2,7H2,1H3,(H,14,15). The van der Waals surface area contributed by atoms with E-state index in [2.05, 4.69) is 5.32 Å². The summed E-state index contributed by atoms with van der Waals surface area (Å²) >= 11 is 5.75. The summed E-state index contributed by atoms with van der Waals surface area (Å²) in [7, 11) is 0. The second-order valence-corrected chi connectivity index (χ2v) is 3.92. The smallest absolute Gasteiger partial charge is 0.303 e. The van der Waals surface area contributed by atoms with Gasteiger partial charge in [0.1, 0.15) is 0 Å². The molecule has 0 bridgehead atoms. The average Bonchev–Trinajstić information content (AvgIpc) is 2.19. The molecule has 0 fully saturated rings. The highest BCUT2D eigenvalue weighted by Gasteiger charge is 2.04. The van der Waals surface area contributed by atoms with Gasteiger partial charge < -0.3 is 10.4 Å². The molecule has 0 radical (unpaired) electrons. The third kappa shape index (κ3) is 4.70. The van der Waals surface area contributed by atoms with E-state index in [0.717, 1.165) is 5.69 Å². The number of halogens is 1. The van der Waals surface area contributed by atoms with Gasteiger partial charge in [-0.1, -0.05) is 11.6 Å². The lowest BCUT2D eigenvalue weighted by atomic mass is 10.1. The molecule has 0 aromatic heterocycles. The number of carboxylic acid groups (broad SMARTS) is 1. The summed E-state index contributed by atoms with van der Waals surface area (Å²) < 4.78 is 0. The summed E-state index contributed by atoms with van der Waals surface area (Å²) in [6, 6.07) is 7.49. The number of hydrogen-bond acceptors (Lipinski definition) is 2. The number of anilines is 1. The van der Waals surface area contributed by atoms with E-state index in [4.69, 9.17) is 16.7 Å². The Hall–Kier alpha value is -1.22.